The van der Waals surface area contributed by atoms with Crippen LogP contribution in [0.5, 0.6) is 0 Å². The van der Waals surface area contributed by atoms with Gasteiger partial charge in [0.05, 0.1) is 0 Å². The van der Waals surface area contributed by atoms with Crippen LogP contribution in [0, 0.1) is 17.0 Å². The molecular weight excluding hydrogens is 262 g/mol. The van der Waals surface area contributed by atoms with E-state index in [-0.39, 0.29) is 5.41 Å². The second kappa shape index (κ2) is 3.72. The number of hydrogen-bond donors (Lipinski definition) is 1. The molecular formula is C11H12F2N2O2S. The predicted molar refractivity (Wildman–Crippen MR) is 60.4 cm³/mol. The first kappa shape index (κ1) is 12.0. The first-order valence-corrected chi connectivity index (χ1v) is 7.03. The van der Waals surface area contributed by atoms with Crippen molar-refractivity contribution in [3.05, 3.63) is 29.8 Å². The number of hydrogen-bond acceptors (Lipinski definition) is 3. The summed E-state index contributed by atoms with van der Waals surface area (Å²) in [4.78, 5) is -0.453. The molecule has 0 unspecified atom stereocenters. The Kier molecular flexibility index (Phi) is 2.48. The van der Waals surface area contributed by atoms with Crippen molar-refractivity contribution in [1.29, 1.82) is 0 Å². The SMILES string of the molecule is O=S(=O)(c1ccc(F)cc1F)N1CC2(CNC2)C1. The first-order chi connectivity index (χ1) is 8.43. The van der Waals surface area contributed by atoms with Gasteiger partial charge in [-0.2, -0.15) is 4.31 Å². The van der Waals surface area contributed by atoms with Crippen molar-refractivity contribution in [2.45, 2.75) is 4.90 Å². The van der Waals surface area contributed by atoms with E-state index in [9.17, 15) is 17.2 Å². The lowest BCUT2D eigenvalue weighted by molar-refractivity contribution is 0.0163. The largest absolute Gasteiger partial charge is 0.315 e. The number of rotatable bonds is 2. The van der Waals surface area contributed by atoms with Crippen LogP contribution in [0.25, 0.3) is 0 Å². The minimum Gasteiger partial charge on any atom is -0.315 e. The normalized spacial score (nSPS) is 22.6. The van der Waals surface area contributed by atoms with E-state index in [1.807, 2.05) is 0 Å². The van der Waals surface area contributed by atoms with Crippen molar-refractivity contribution in [3.63, 3.8) is 0 Å². The van der Waals surface area contributed by atoms with Crippen LogP contribution in [0.2, 0.25) is 0 Å². The molecule has 0 saturated carbocycles. The highest BCUT2D eigenvalue weighted by Gasteiger charge is 2.52. The molecule has 1 aromatic carbocycles. The monoisotopic (exact) mass is 274 g/mol. The Bertz CT molecular complexity index is 591. The van der Waals surface area contributed by atoms with Gasteiger partial charge >= 0.3 is 0 Å². The molecule has 98 valence electrons. The summed E-state index contributed by atoms with van der Waals surface area (Å²) < 4.78 is 51.7. The number of nitrogens with one attached hydrogen (secondary N) is 1. The Morgan fingerprint density at radius 1 is 1.22 bits per heavy atom. The molecule has 7 heteroatoms. The van der Waals surface area contributed by atoms with Crippen LogP contribution in [0.4, 0.5) is 8.78 Å². The van der Waals surface area contributed by atoms with Gasteiger partial charge in [0.15, 0.2) is 0 Å². The van der Waals surface area contributed by atoms with Crippen molar-refractivity contribution in [1.82, 2.24) is 9.62 Å². The second-order valence-electron chi connectivity index (χ2n) is 4.95. The quantitative estimate of drug-likeness (QED) is 0.857. The number of nitrogens with zero attached hydrogens (tertiary/aromatic N) is 1. The van der Waals surface area contributed by atoms with E-state index >= 15 is 0 Å². The third-order valence-corrected chi connectivity index (χ3v) is 5.36. The van der Waals surface area contributed by atoms with Crippen molar-refractivity contribution in [3.8, 4) is 0 Å². The predicted octanol–water partition coefficient (Wildman–Crippen LogP) is 0.559. The lowest BCUT2D eigenvalue weighted by Gasteiger charge is -2.55. The fraction of sp³-hybridized carbons (Fsp3) is 0.455. The van der Waals surface area contributed by atoms with Crippen molar-refractivity contribution < 1.29 is 17.2 Å². The summed E-state index contributed by atoms with van der Waals surface area (Å²) in [5, 5.41) is 3.09. The molecule has 3 rings (SSSR count). The van der Waals surface area contributed by atoms with Crippen LogP contribution in [-0.4, -0.2) is 38.9 Å². The Balaban J connectivity index is 1.86. The van der Waals surface area contributed by atoms with Gasteiger partial charge in [0.2, 0.25) is 10.0 Å². The number of sulfonamides is 1. The van der Waals surface area contributed by atoms with Crippen LogP contribution in [0.3, 0.4) is 0 Å². The highest BCUT2D eigenvalue weighted by atomic mass is 32.2. The van der Waals surface area contributed by atoms with E-state index in [0.717, 1.165) is 25.2 Å². The lowest BCUT2D eigenvalue weighted by atomic mass is 9.76. The Hall–Kier alpha value is -1.05. The van der Waals surface area contributed by atoms with Crippen LogP contribution in [0.1, 0.15) is 0 Å². The molecule has 2 saturated heterocycles. The summed E-state index contributed by atoms with van der Waals surface area (Å²) in [6.45, 7) is 2.40. The van der Waals surface area contributed by atoms with Gasteiger partial charge in [0.1, 0.15) is 16.5 Å². The molecule has 1 spiro atoms. The zero-order valence-corrected chi connectivity index (χ0v) is 10.3. The maximum atomic E-state index is 13.5. The zero-order chi connectivity index (χ0) is 13.0. The minimum absolute atomic E-state index is 0.0313. The van der Waals surface area contributed by atoms with Crippen LogP contribution >= 0.6 is 0 Å². The fourth-order valence-corrected chi connectivity index (χ4v) is 4.11. The standard InChI is InChI=1S/C11H12F2N2O2S/c12-8-1-2-10(9(13)3-8)18(16,17)15-6-11(7-15)4-14-5-11/h1-3,14H,4-7H2. The lowest BCUT2D eigenvalue weighted by Crippen LogP contribution is -2.71. The summed E-state index contributed by atoms with van der Waals surface area (Å²) in [5.41, 5.74) is 0.0313. The van der Waals surface area contributed by atoms with Crippen LogP contribution in [-0.2, 0) is 10.0 Å². The Morgan fingerprint density at radius 2 is 1.89 bits per heavy atom. The third kappa shape index (κ3) is 1.65. The Labute approximate surface area is 104 Å². The molecule has 1 N–H and O–H groups in total. The van der Waals surface area contributed by atoms with E-state index in [4.69, 9.17) is 0 Å². The molecule has 0 aliphatic carbocycles. The minimum atomic E-state index is -3.83. The van der Waals surface area contributed by atoms with Gasteiger partial charge < -0.3 is 5.32 Å². The molecule has 0 atom stereocenters. The summed E-state index contributed by atoms with van der Waals surface area (Å²) >= 11 is 0. The van der Waals surface area contributed by atoms with Crippen molar-refractivity contribution in [2.24, 2.45) is 5.41 Å². The molecule has 0 aromatic heterocycles. The maximum Gasteiger partial charge on any atom is 0.246 e. The van der Waals surface area contributed by atoms with E-state index in [0.29, 0.717) is 19.2 Å². The topological polar surface area (TPSA) is 49.4 Å². The molecule has 18 heavy (non-hydrogen) atoms. The third-order valence-electron chi connectivity index (χ3n) is 3.54. The van der Waals surface area contributed by atoms with Crippen molar-refractivity contribution in [2.75, 3.05) is 26.2 Å². The zero-order valence-electron chi connectivity index (χ0n) is 9.49. The molecule has 2 aliphatic rings. The maximum absolute atomic E-state index is 13.5. The molecule has 2 aliphatic heterocycles. The van der Waals surface area contributed by atoms with Gasteiger partial charge in [0, 0.05) is 37.7 Å². The van der Waals surface area contributed by atoms with Gasteiger partial charge in [-0.15, -0.1) is 0 Å². The van der Waals surface area contributed by atoms with E-state index in [2.05, 4.69) is 5.32 Å². The Morgan fingerprint density at radius 3 is 2.39 bits per heavy atom. The van der Waals surface area contributed by atoms with Gasteiger partial charge in [0.25, 0.3) is 0 Å². The van der Waals surface area contributed by atoms with E-state index in [1.165, 1.54) is 4.31 Å². The molecule has 2 heterocycles. The average Bonchev–Trinajstić information content (AvgIpc) is 2.11. The molecule has 2 fully saturated rings. The summed E-state index contributed by atoms with van der Waals surface area (Å²) in [7, 11) is -3.83. The fourth-order valence-electron chi connectivity index (χ4n) is 2.40. The van der Waals surface area contributed by atoms with Gasteiger partial charge in [-0.05, 0) is 12.1 Å². The van der Waals surface area contributed by atoms with Crippen LogP contribution < -0.4 is 5.32 Å². The van der Waals surface area contributed by atoms with Gasteiger partial charge in [-0.1, -0.05) is 0 Å². The number of benzene rings is 1. The number of halogens is 2. The second-order valence-corrected chi connectivity index (χ2v) is 6.86. The average molecular weight is 274 g/mol. The molecule has 0 bridgehead atoms. The van der Waals surface area contributed by atoms with E-state index < -0.39 is 26.6 Å². The smallest absolute Gasteiger partial charge is 0.246 e. The van der Waals surface area contributed by atoms with E-state index in [1.54, 1.807) is 0 Å². The highest BCUT2D eigenvalue weighted by molar-refractivity contribution is 7.89. The van der Waals surface area contributed by atoms with Crippen molar-refractivity contribution >= 4 is 10.0 Å². The highest BCUT2D eigenvalue weighted by Crippen LogP contribution is 2.38. The summed E-state index contributed by atoms with van der Waals surface area (Å²) in [5.74, 6) is -1.82. The molecule has 4 nitrogen and oxygen atoms in total. The van der Waals surface area contributed by atoms with Crippen LogP contribution in [0.15, 0.2) is 23.1 Å². The molecule has 0 amide bonds. The first-order valence-electron chi connectivity index (χ1n) is 5.59. The molecule has 1 aromatic rings. The summed E-state index contributed by atoms with van der Waals surface area (Å²) in [6, 6.07) is 2.52. The van der Waals surface area contributed by atoms with Gasteiger partial charge in [-0.3, -0.25) is 0 Å². The van der Waals surface area contributed by atoms with Gasteiger partial charge in [-0.25, -0.2) is 17.2 Å². The molecule has 0 radical (unpaired) electrons. The summed E-state index contributed by atoms with van der Waals surface area (Å²) in [6.07, 6.45) is 0.